The van der Waals surface area contributed by atoms with Gasteiger partial charge in [-0.1, -0.05) is 20.8 Å². The Labute approximate surface area is 252 Å². The Morgan fingerprint density at radius 1 is 0.952 bits per heavy atom. The molecule has 42 heavy (non-hydrogen) atoms. The van der Waals surface area contributed by atoms with Crippen molar-refractivity contribution in [2.45, 2.75) is 129 Å². The smallest absolute Gasteiger partial charge is 0.344 e. The predicted octanol–water partition coefficient (Wildman–Crippen LogP) is 3.20. The van der Waals surface area contributed by atoms with Crippen LogP contribution in [-0.4, -0.2) is 70.9 Å². The molecule has 5 fully saturated rings. The van der Waals surface area contributed by atoms with Crippen LogP contribution in [0.15, 0.2) is 0 Å². The molecule has 0 amide bonds. The summed E-state index contributed by atoms with van der Waals surface area (Å²) < 4.78 is 11.1. The lowest BCUT2D eigenvalue weighted by molar-refractivity contribution is -0.665. The molecule has 4 saturated carbocycles. The fourth-order valence-electron chi connectivity index (χ4n) is 10.9. The third kappa shape index (κ3) is 5.91. The van der Waals surface area contributed by atoms with Gasteiger partial charge in [0.05, 0.1) is 31.4 Å². The lowest BCUT2D eigenvalue weighted by atomic mass is 9.43. The second-order valence-electron chi connectivity index (χ2n) is 15.9. The van der Waals surface area contributed by atoms with Crippen molar-refractivity contribution >= 4 is 11.9 Å². The number of carbonyl (C=O) groups is 2. The Hall–Kier alpha value is -1.22. The quantitative estimate of drug-likeness (QED) is 0.319. The molecule has 0 spiro atoms. The van der Waals surface area contributed by atoms with Crippen molar-refractivity contribution in [2.75, 3.05) is 19.7 Å². The van der Waals surface area contributed by atoms with Gasteiger partial charge >= 0.3 is 11.9 Å². The topological polar surface area (TPSA) is 130 Å². The van der Waals surface area contributed by atoms with Crippen molar-refractivity contribution in [3.8, 4) is 0 Å². The van der Waals surface area contributed by atoms with Gasteiger partial charge in [-0.05, 0) is 112 Å². The summed E-state index contributed by atoms with van der Waals surface area (Å²) in [5.41, 5.74) is -0.803. The van der Waals surface area contributed by atoms with Gasteiger partial charge in [0.1, 0.15) is 5.60 Å². The Bertz CT molecular complexity index is 981. The lowest BCUT2D eigenvalue weighted by Crippen LogP contribution is -2.86. The van der Waals surface area contributed by atoms with Crippen LogP contribution in [0.25, 0.3) is 0 Å². The van der Waals surface area contributed by atoms with E-state index < -0.39 is 17.7 Å². The first-order valence-corrected chi connectivity index (χ1v) is 17.0. The number of carbonyl (C=O) groups excluding carboxylic acids is 2. The molecule has 0 aromatic rings. The third-order valence-corrected chi connectivity index (χ3v) is 13.5. The van der Waals surface area contributed by atoms with E-state index in [-0.39, 0.29) is 71.6 Å². The molecule has 3 unspecified atom stereocenters. The zero-order valence-corrected chi connectivity index (χ0v) is 26.7. The number of nitrogens with two attached hydrogens (primary N) is 1. The molecule has 1 aliphatic heterocycles. The van der Waals surface area contributed by atoms with Crippen LogP contribution in [0.2, 0.25) is 0 Å². The molecule has 5 N–H and O–H groups in total. The van der Waals surface area contributed by atoms with E-state index in [1.54, 1.807) is 0 Å². The summed E-state index contributed by atoms with van der Waals surface area (Å²) in [5.74, 6) is 0.939. The van der Waals surface area contributed by atoms with Gasteiger partial charge in [-0.2, -0.15) is 0 Å². The van der Waals surface area contributed by atoms with Crippen molar-refractivity contribution < 1.29 is 39.7 Å². The minimum atomic E-state index is -0.566. The number of aliphatic hydroxyl groups is 3. The summed E-state index contributed by atoms with van der Waals surface area (Å²) in [6.45, 7) is 12.4. The molecule has 0 radical (unpaired) electrons. The highest BCUT2D eigenvalue weighted by Gasteiger charge is 2.65. The Morgan fingerprint density at radius 3 is 2.38 bits per heavy atom. The maximum Gasteiger partial charge on any atom is 0.344 e. The standard InChI is InChI=1S/C34H57NO7/c1-20(6-9-29(39)41-19-30(40)42-32(2,3)21-11-14-35-15-12-21)24-7-8-25-31-26(18-28(38)34(24,25)5)33(4)13-10-23(36)16-22(33)17-27(31)37/h20-28,31,35-38H,6-19H2,1-5H3/p+1/t20-,22+,23?,24-,25+,26+,27?,28?,31+,33+,34-/m1/s1. The molecule has 0 aromatic heterocycles. The van der Waals surface area contributed by atoms with Crippen molar-refractivity contribution in [1.82, 2.24) is 0 Å². The van der Waals surface area contributed by atoms with Crippen LogP contribution >= 0.6 is 0 Å². The van der Waals surface area contributed by atoms with Crippen molar-refractivity contribution in [2.24, 2.45) is 52.3 Å². The minimum absolute atomic E-state index is 0.0598. The molecule has 1 heterocycles. The summed E-state index contributed by atoms with van der Waals surface area (Å²) in [7, 11) is 0. The van der Waals surface area contributed by atoms with Crippen LogP contribution in [0.1, 0.15) is 105 Å². The van der Waals surface area contributed by atoms with Crippen LogP contribution in [0.3, 0.4) is 0 Å². The zero-order chi connectivity index (χ0) is 30.4. The summed E-state index contributed by atoms with van der Waals surface area (Å²) in [6.07, 6.45) is 7.79. The van der Waals surface area contributed by atoms with Gasteiger partial charge in [-0.3, -0.25) is 4.79 Å². The van der Waals surface area contributed by atoms with Crippen LogP contribution in [0.4, 0.5) is 0 Å². The molecule has 240 valence electrons. The van der Waals surface area contributed by atoms with Crippen molar-refractivity contribution in [3.05, 3.63) is 0 Å². The van der Waals surface area contributed by atoms with E-state index in [0.717, 1.165) is 64.5 Å². The first kappa shape index (κ1) is 32.2. The molecule has 4 aliphatic carbocycles. The summed E-state index contributed by atoms with van der Waals surface area (Å²) in [5, 5.41) is 35.9. The number of rotatable bonds is 8. The van der Waals surface area contributed by atoms with Gasteiger partial charge in [0, 0.05) is 25.2 Å². The summed E-state index contributed by atoms with van der Waals surface area (Å²) >= 11 is 0. The van der Waals surface area contributed by atoms with E-state index in [9.17, 15) is 24.9 Å². The van der Waals surface area contributed by atoms with Crippen LogP contribution in [-0.2, 0) is 19.1 Å². The average molecular weight is 593 g/mol. The molecule has 5 rings (SSSR count). The zero-order valence-electron chi connectivity index (χ0n) is 26.7. The highest BCUT2D eigenvalue weighted by atomic mass is 16.6. The number of fused-ring (bicyclic) bond motifs is 5. The van der Waals surface area contributed by atoms with Crippen molar-refractivity contribution in [1.29, 1.82) is 0 Å². The van der Waals surface area contributed by atoms with Gasteiger partial charge < -0.3 is 30.1 Å². The number of ether oxygens (including phenoxy) is 2. The molecule has 0 bridgehead atoms. The molecule has 5 aliphatic rings. The highest BCUT2D eigenvalue weighted by molar-refractivity contribution is 5.76. The first-order valence-electron chi connectivity index (χ1n) is 17.0. The van der Waals surface area contributed by atoms with Crippen molar-refractivity contribution in [3.63, 3.8) is 0 Å². The third-order valence-electron chi connectivity index (χ3n) is 13.5. The first-order chi connectivity index (χ1) is 19.8. The Balaban J connectivity index is 1.15. The van der Waals surface area contributed by atoms with Gasteiger partial charge in [-0.15, -0.1) is 0 Å². The second-order valence-corrected chi connectivity index (χ2v) is 15.9. The van der Waals surface area contributed by atoms with Gasteiger partial charge in [0.2, 0.25) is 0 Å². The predicted molar refractivity (Wildman–Crippen MR) is 158 cm³/mol. The largest absolute Gasteiger partial charge is 0.457 e. The summed E-state index contributed by atoms with van der Waals surface area (Å²) in [6, 6.07) is 0. The van der Waals surface area contributed by atoms with Crippen LogP contribution < -0.4 is 5.32 Å². The lowest BCUT2D eigenvalue weighted by Gasteiger charge is -2.63. The maximum absolute atomic E-state index is 12.6. The van der Waals surface area contributed by atoms with E-state index in [0.29, 0.717) is 24.7 Å². The summed E-state index contributed by atoms with van der Waals surface area (Å²) in [4.78, 5) is 25.1. The molecule has 0 aromatic carbocycles. The van der Waals surface area contributed by atoms with E-state index in [1.165, 1.54) is 0 Å². The Morgan fingerprint density at radius 2 is 1.67 bits per heavy atom. The number of hydrogen-bond acceptors (Lipinski definition) is 7. The van der Waals surface area contributed by atoms with E-state index in [1.807, 2.05) is 13.8 Å². The van der Waals surface area contributed by atoms with E-state index in [4.69, 9.17) is 9.47 Å². The minimum Gasteiger partial charge on any atom is -0.457 e. The maximum atomic E-state index is 12.6. The number of piperidine rings is 1. The van der Waals surface area contributed by atoms with Gasteiger partial charge in [0.15, 0.2) is 6.61 Å². The molecular formula is C34H58NO7+. The van der Waals surface area contributed by atoms with Crippen LogP contribution in [0.5, 0.6) is 0 Å². The van der Waals surface area contributed by atoms with E-state index >= 15 is 0 Å². The van der Waals surface area contributed by atoms with E-state index in [2.05, 4.69) is 26.1 Å². The second kappa shape index (κ2) is 12.3. The molecule has 8 nitrogen and oxygen atoms in total. The molecular weight excluding hydrogens is 534 g/mol. The fraction of sp³-hybridized carbons (Fsp3) is 0.941. The molecule has 8 heteroatoms. The van der Waals surface area contributed by atoms with Gasteiger partial charge in [-0.25, -0.2) is 4.79 Å². The SMILES string of the molecule is C[C@H](CCC(=O)OCC(=O)OC(C)(C)C1CC[NH2+]CC1)[C@H]1CC[C@H]2[C@@H]3C(O)C[C@@H]4CC(O)CC[C@]4(C)[C@H]3CC(O)[C@]12C. The number of aliphatic hydroxyl groups excluding tert-OH is 3. The fourth-order valence-corrected chi connectivity index (χ4v) is 10.9. The van der Waals surface area contributed by atoms with Crippen LogP contribution in [0, 0.1) is 52.3 Å². The normalized spacial score (nSPS) is 43.0. The number of esters is 2. The molecule has 1 saturated heterocycles. The Kier molecular flexibility index (Phi) is 9.41. The monoisotopic (exact) mass is 592 g/mol. The average Bonchev–Trinajstić information content (AvgIpc) is 3.31. The number of hydrogen-bond donors (Lipinski definition) is 4. The number of quaternary nitrogens is 1. The van der Waals surface area contributed by atoms with Gasteiger partial charge in [0.25, 0.3) is 0 Å². The highest BCUT2D eigenvalue weighted by Crippen LogP contribution is 2.68. The molecule has 11 atom stereocenters.